The van der Waals surface area contributed by atoms with Gasteiger partial charge in [0.25, 0.3) is 0 Å². The Balaban J connectivity index is 2.69. The Bertz CT molecular complexity index is 384. The third-order valence-corrected chi connectivity index (χ3v) is 9.59. The van der Waals surface area contributed by atoms with Crippen LogP contribution in [-0.4, -0.2) is 13.9 Å². The number of hydrogen-bond acceptors (Lipinski definition) is 2. The molecule has 3 heteroatoms. The maximum Gasteiger partial charge on any atom is 0.247 e. The van der Waals surface area contributed by atoms with Gasteiger partial charge in [0.15, 0.2) is 0 Å². The maximum absolute atomic E-state index is 6.19. The molecule has 1 aliphatic heterocycles. The van der Waals surface area contributed by atoms with Gasteiger partial charge in [-0.15, -0.1) is 0 Å². The molecular weight excluding hydrogens is 252 g/mol. The molecule has 19 heavy (non-hydrogen) atoms. The van der Waals surface area contributed by atoms with Crippen LogP contribution in [0, 0.1) is 0 Å². The van der Waals surface area contributed by atoms with E-state index in [1.807, 2.05) is 13.2 Å². The zero-order chi connectivity index (χ0) is 14.9. The summed E-state index contributed by atoms with van der Waals surface area (Å²) in [5.41, 5.74) is 1.35. The number of hydrogen-bond donors (Lipinski definition) is 0. The highest BCUT2D eigenvalue weighted by Gasteiger charge is 2.46. The van der Waals surface area contributed by atoms with Crippen molar-refractivity contribution in [1.82, 2.24) is 0 Å². The van der Waals surface area contributed by atoms with Crippen LogP contribution in [0.3, 0.4) is 0 Å². The highest BCUT2D eigenvalue weighted by molar-refractivity contribution is 6.86. The Morgan fingerprint density at radius 3 is 2.37 bits per heavy atom. The monoisotopic (exact) mass is 282 g/mol. The fourth-order valence-electron chi connectivity index (χ4n) is 1.84. The van der Waals surface area contributed by atoms with Gasteiger partial charge < -0.3 is 9.47 Å². The average molecular weight is 282 g/mol. The summed E-state index contributed by atoms with van der Waals surface area (Å²) in [6.45, 7) is 17.9. The van der Waals surface area contributed by atoms with Crippen LogP contribution >= 0.6 is 0 Å². The fraction of sp³-hybridized carbons (Fsp3) is 0.750. The van der Waals surface area contributed by atoms with Crippen LogP contribution < -0.4 is 0 Å². The molecule has 0 aromatic heterocycles. The summed E-state index contributed by atoms with van der Waals surface area (Å²) in [7, 11) is -1.62. The van der Waals surface area contributed by atoms with Crippen molar-refractivity contribution in [2.45, 2.75) is 78.3 Å². The van der Waals surface area contributed by atoms with E-state index in [0.29, 0.717) is 0 Å². The van der Waals surface area contributed by atoms with Crippen molar-refractivity contribution in [2.24, 2.45) is 0 Å². The largest absolute Gasteiger partial charge is 0.459 e. The van der Waals surface area contributed by atoms with Crippen LogP contribution in [0.15, 0.2) is 23.3 Å². The molecule has 0 saturated carbocycles. The van der Waals surface area contributed by atoms with Crippen LogP contribution in [0.2, 0.25) is 18.1 Å². The summed E-state index contributed by atoms with van der Waals surface area (Å²) < 4.78 is 12.0. The molecule has 0 aromatic carbocycles. The predicted molar refractivity (Wildman–Crippen MR) is 84.5 cm³/mol. The minimum Gasteiger partial charge on any atom is -0.459 e. The first-order valence-corrected chi connectivity index (χ1v) is 10.2. The normalized spacial score (nSPS) is 23.5. The van der Waals surface area contributed by atoms with Crippen molar-refractivity contribution < 1.29 is 9.47 Å². The van der Waals surface area contributed by atoms with E-state index in [-0.39, 0.29) is 5.04 Å². The number of rotatable bonds is 4. The first-order chi connectivity index (χ1) is 8.48. The molecule has 110 valence electrons. The van der Waals surface area contributed by atoms with Crippen LogP contribution in [0.5, 0.6) is 0 Å². The minimum absolute atomic E-state index is 0.271. The lowest BCUT2D eigenvalue weighted by Gasteiger charge is -2.37. The molecule has 0 amide bonds. The second kappa shape index (κ2) is 5.35. The van der Waals surface area contributed by atoms with Gasteiger partial charge in [-0.3, -0.25) is 0 Å². The second-order valence-corrected chi connectivity index (χ2v) is 12.8. The summed E-state index contributed by atoms with van der Waals surface area (Å²) in [5, 5.41) is 1.37. The summed E-state index contributed by atoms with van der Waals surface area (Å²) in [5.74, 6) is -0.475. The topological polar surface area (TPSA) is 18.5 Å². The van der Waals surface area contributed by atoms with Gasteiger partial charge in [-0.2, -0.15) is 0 Å². The quantitative estimate of drug-likeness (QED) is 0.509. The van der Waals surface area contributed by atoms with Crippen molar-refractivity contribution >= 4 is 8.07 Å². The number of allylic oxidation sites excluding steroid dienone is 2. The van der Waals surface area contributed by atoms with Crippen LogP contribution in [0.25, 0.3) is 0 Å². The molecule has 0 bridgehead atoms. The van der Waals surface area contributed by atoms with Gasteiger partial charge in [-0.1, -0.05) is 45.5 Å². The molecule has 1 aliphatic rings. The molecule has 0 radical (unpaired) electrons. The van der Waals surface area contributed by atoms with Crippen molar-refractivity contribution in [1.29, 1.82) is 0 Å². The van der Waals surface area contributed by atoms with Gasteiger partial charge >= 0.3 is 0 Å². The third-order valence-electron chi connectivity index (χ3n) is 4.38. The highest BCUT2D eigenvalue weighted by Crippen LogP contribution is 2.45. The van der Waals surface area contributed by atoms with Crippen LogP contribution in [-0.2, 0) is 9.47 Å². The van der Waals surface area contributed by atoms with Gasteiger partial charge in [0.1, 0.15) is 19.7 Å². The molecule has 0 fully saturated rings. The van der Waals surface area contributed by atoms with E-state index in [9.17, 15) is 0 Å². The molecule has 1 heterocycles. The van der Waals surface area contributed by atoms with Gasteiger partial charge in [0.05, 0.1) is 0 Å². The molecule has 0 saturated heterocycles. The number of ether oxygens (including phenoxy) is 2. The molecule has 0 N–H and O–H groups in total. The van der Waals surface area contributed by atoms with Crippen molar-refractivity contribution in [2.75, 3.05) is 0 Å². The Morgan fingerprint density at radius 1 is 1.32 bits per heavy atom. The molecule has 0 spiro atoms. The van der Waals surface area contributed by atoms with Crippen molar-refractivity contribution in [3.8, 4) is 0 Å². The zero-order valence-electron chi connectivity index (χ0n) is 13.9. The van der Waals surface area contributed by atoms with E-state index in [0.717, 1.165) is 18.2 Å². The molecule has 2 nitrogen and oxygen atoms in total. The first-order valence-electron chi connectivity index (χ1n) is 7.19. The summed E-state index contributed by atoms with van der Waals surface area (Å²) in [6.07, 6.45) is 6.01. The van der Waals surface area contributed by atoms with Crippen LogP contribution in [0.4, 0.5) is 0 Å². The molecule has 1 unspecified atom stereocenters. The van der Waals surface area contributed by atoms with E-state index in [4.69, 9.17) is 9.47 Å². The Kier molecular flexibility index (Phi) is 4.61. The Labute approximate surface area is 119 Å². The van der Waals surface area contributed by atoms with E-state index in [1.54, 1.807) is 0 Å². The second-order valence-electron chi connectivity index (χ2n) is 7.53. The lowest BCUT2D eigenvalue weighted by atomic mass is 10.1. The standard InChI is InChI=1S/C16H30O2Si/c1-13(2)10-9-11-16(6)17-12-14(18-16)19(7,8)15(3,4)5/h10,12H,9,11H2,1-8H3. The summed E-state index contributed by atoms with van der Waals surface area (Å²) in [6, 6.07) is 0. The third kappa shape index (κ3) is 3.88. The van der Waals surface area contributed by atoms with Crippen LogP contribution in [0.1, 0.15) is 54.4 Å². The van der Waals surface area contributed by atoms with Gasteiger partial charge in [0.2, 0.25) is 5.79 Å². The van der Waals surface area contributed by atoms with Gasteiger partial charge in [-0.25, -0.2) is 0 Å². The fourth-order valence-corrected chi connectivity index (χ4v) is 3.40. The molecule has 0 aliphatic carbocycles. The van der Waals surface area contributed by atoms with E-state index < -0.39 is 13.9 Å². The van der Waals surface area contributed by atoms with E-state index in [2.05, 4.69) is 53.8 Å². The van der Waals surface area contributed by atoms with Crippen molar-refractivity contribution in [3.05, 3.63) is 23.3 Å². The maximum atomic E-state index is 6.19. The molecule has 0 aromatic rings. The smallest absolute Gasteiger partial charge is 0.247 e. The lowest BCUT2D eigenvalue weighted by molar-refractivity contribution is -0.133. The van der Waals surface area contributed by atoms with E-state index >= 15 is 0 Å². The highest BCUT2D eigenvalue weighted by atomic mass is 28.3. The molecule has 1 atom stereocenters. The molecular formula is C16H30O2Si. The molecule has 1 rings (SSSR count). The average Bonchev–Trinajstić information content (AvgIpc) is 2.59. The lowest BCUT2D eigenvalue weighted by Crippen LogP contribution is -2.41. The minimum atomic E-state index is -1.62. The first kappa shape index (κ1) is 16.4. The zero-order valence-corrected chi connectivity index (χ0v) is 14.9. The van der Waals surface area contributed by atoms with Gasteiger partial charge in [-0.05, 0) is 25.3 Å². The predicted octanol–water partition coefficient (Wildman–Crippen LogP) is 5.38. The van der Waals surface area contributed by atoms with Gasteiger partial charge in [0, 0.05) is 13.3 Å². The van der Waals surface area contributed by atoms with E-state index in [1.165, 1.54) is 5.57 Å². The Hall–Kier alpha value is -0.703. The SMILES string of the molecule is CC(C)=CCCC1(C)OC=C([Si](C)(C)C(C)(C)C)O1. The summed E-state index contributed by atoms with van der Waals surface area (Å²) >= 11 is 0. The van der Waals surface area contributed by atoms with Crippen molar-refractivity contribution in [3.63, 3.8) is 0 Å². The summed E-state index contributed by atoms with van der Waals surface area (Å²) in [4.78, 5) is 0. The Morgan fingerprint density at radius 2 is 1.89 bits per heavy atom.